The SMILES string of the molecule is CN(C)C(=O)C(=O)NC1CC(Nc2cc(-n3c(C(F)F)nc4ccccc43)nc(N3CCOCC3)n2)C1. The van der Waals surface area contributed by atoms with Crippen LogP contribution in [0.25, 0.3) is 16.9 Å². The molecule has 2 aliphatic rings. The lowest BCUT2D eigenvalue weighted by Crippen LogP contribution is -2.53. The van der Waals surface area contributed by atoms with E-state index in [0.717, 1.165) is 0 Å². The molecule has 1 saturated heterocycles. The minimum atomic E-state index is -2.80. The Hall–Kier alpha value is -3.87. The van der Waals surface area contributed by atoms with Crippen LogP contribution >= 0.6 is 0 Å². The topological polar surface area (TPSA) is 118 Å². The second-order valence-corrected chi connectivity index (χ2v) is 9.29. The van der Waals surface area contributed by atoms with Crippen LogP contribution in [0.2, 0.25) is 0 Å². The van der Waals surface area contributed by atoms with Crippen LogP contribution in [0.3, 0.4) is 0 Å². The zero-order chi connectivity index (χ0) is 26.1. The molecular weight excluding hydrogens is 486 g/mol. The van der Waals surface area contributed by atoms with E-state index >= 15 is 0 Å². The lowest BCUT2D eigenvalue weighted by atomic mass is 9.86. The summed E-state index contributed by atoms with van der Waals surface area (Å²) >= 11 is 0. The van der Waals surface area contributed by atoms with Gasteiger partial charge >= 0.3 is 11.8 Å². The maximum atomic E-state index is 14.0. The molecule has 3 heterocycles. The fourth-order valence-corrected chi connectivity index (χ4v) is 4.46. The number of benzene rings is 1. The number of morpholine rings is 1. The van der Waals surface area contributed by atoms with Crippen molar-refractivity contribution in [3.63, 3.8) is 0 Å². The number of likely N-dealkylation sites (N-methyl/N-ethyl adjacent to an activating group) is 1. The van der Waals surface area contributed by atoms with Crippen LogP contribution in [0, 0.1) is 0 Å². The highest BCUT2D eigenvalue weighted by molar-refractivity contribution is 6.34. The molecule has 2 amide bonds. The van der Waals surface area contributed by atoms with Crippen LogP contribution < -0.4 is 15.5 Å². The van der Waals surface area contributed by atoms with Gasteiger partial charge in [-0.05, 0) is 25.0 Å². The van der Waals surface area contributed by atoms with Gasteiger partial charge in [-0.1, -0.05) is 12.1 Å². The number of hydrogen-bond donors (Lipinski definition) is 2. The van der Waals surface area contributed by atoms with E-state index < -0.39 is 24.1 Å². The van der Waals surface area contributed by atoms with Crippen molar-refractivity contribution in [1.29, 1.82) is 0 Å². The van der Waals surface area contributed by atoms with E-state index in [9.17, 15) is 18.4 Å². The van der Waals surface area contributed by atoms with Gasteiger partial charge < -0.3 is 25.2 Å². The van der Waals surface area contributed by atoms with Crippen molar-refractivity contribution < 1.29 is 23.1 Å². The number of para-hydroxylation sites is 2. The summed E-state index contributed by atoms with van der Waals surface area (Å²) in [6, 6.07) is 8.40. The zero-order valence-electron chi connectivity index (χ0n) is 20.5. The molecule has 1 aromatic carbocycles. The number of hydrogen-bond acceptors (Lipinski definition) is 8. The van der Waals surface area contributed by atoms with Gasteiger partial charge in [0, 0.05) is 45.3 Å². The molecular formula is C24H28F2N8O3. The monoisotopic (exact) mass is 514 g/mol. The third-order valence-electron chi connectivity index (χ3n) is 6.43. The van der Waals surface area contributed by atoms with E-state index in [1.807, 2.05) is 4.90 Å². The minimum Gasteiger partial charge on any atom is -0.378 e. The number of halogens is 2. The number of carbonyl (C=O) groups is 2. The van der Waals surface area contributed by atoms with Gasteiger partial charge in [-0.25, -0.2) is 13.8 Å². The molecule has 2 N–H and O–H groups in total. The number of aromatic nitrogens is 4. The molecule has 0 bridgehead atoms. The third kappa shape index (κ3) is 5.17. The van der Waals surface area contributed by atoms with E-state index in [-0.39, 0.29) is 17.9 Å². The molecule has 11 nitrogen and oxygen atoms in total. The molecule has 2 aromatic heterocycles. The Morgan fingerprint density at radius 3 is 2.51 bits per heavy atom. The molecule has 196 valence electrons. The molecule has 13 heteroatoms. The third-order valence-corrected chi connectivity index (χ3v) is 6.43. The van der Waals surface area contributed by atoms with E-state index in [1.54, 1.807) is 30.3 Å². The first-order valence-electron chi connectivity index (χ1n) is 12.1. The van der Waals surface area contributed by atoms with Crippen LogP contribution in [-0.4, -0.2) is 88.7 Å². The number of anilines is 2. The average molecular weight is 515 g/mol. The Morgan fingerprint density at radius 1 is 1.08 bits per heavy atom. The average Bonchev–Trinajstić information content (AvgIpc) is 3.27. The Balaban J connectivity index is 1.42. The summed E-state index contributed by atoms with van der Waals surface area (Å²) in [6.07, 6.45) is -1.62. The number of nitrogens with zero attached hydrogens (tertiary/aromatic N) is 6. The minimum absolute atomic E-state index is 0.0193. The van der Waals surface area contributed by atoms with Crippen LogP contribution in [-0.2, 0) is 14.3 Å². The number of amides is 2. The van der Waals surface area contributed by atoms with Gasteiger partial charge in [-0.15, -0.1) is 0 Å². The van der Waals surface area contributed by atoms with Crippen LogP contribution in [0.5, 0.6) is 0 Å². The van der Waals surface area contributed by atoms with Gasteiger partial charge in [0.25, 0.3) is 6.43 Å². The first-order valence-corrected chi connectivity index (χ1v) is 12.1. The maximum Gasteiger partial charge on any atom is 0.311 e. The van der Waals surface area contributed by atoms with Crippen LogP contribution in [0.15, 0.2) is 30.3 Å². The van der Waals surface area contributed by atoms with Gasteiger partial charge in [0.05, 0.1) is 24.2 Å². The molecule has 0 radical (unpaired) electrons. The normalized spacial score (nSPS) is 19.5. The Morgan fingerprint density at radius 2 is 1.81 bits per heavy atom. The summed E-state index contributed by atoms with van der Waals surface area (Å²) in [6.45, 7) is 2.18. The summed E-state index contributed by atoms with van der Waals surface area (Å²) < 4.78 is 34.8. The maximum absolute atomic E-state index is 14.0. The highest BCUT2D eigenvalue weighted by Crippen LogP contribution is 2.30. The highest BCUT2D eigenvalue weighted by atomic mass is 19.3. The van der Waals surface area contributed by atoms with Gasteiger partial charge in [0.1, 0.15) is 11.6 Å². The smallest absolute Gasteiger partial charge is 0.311 e. The van der Waals surface area contributed by atoms with Crippen molar-refractivity contribution in [2.24, 2.45) is 0 Å². The molecule has 0 atom stereocenters. The van der Waals surface area contributed by atoms with Crippen molar-refractivity contribution in [2.75, 3.05) is 50.6 Å². The van der Waals surface area contributed by atoms with Gasteiger partial charge in [-0.3, -0.25) is 14.2 Å². The van der Waals surface area contributed by atoms with E-state index in [2.05, 4.69) is 25.6 Å². The molecule has 37 heavy (non-hydrogen) atoms. The number of rotatable bonds is 6. The number of ether oxygens (including phenoxy) is 1. The molecule has 2 fully saturated rings. The number of fused-ring (bicyclic) bond motifs is 1. The van der Waals surface area contributed by atoms with Crippen molar-refractivity contribution in [3.05, 3.63) is 36.2 Å². The van der Waals surface area contributed by atoms with Crippen LogP contribution in [0.4, 0.5) is 20.5 Å². The highest BCUT2D eigenvalue weighted by Gasteiger charge is 2.33. The predicted octanol–water partition coefficient (Wildman–Crippen LogP) is 1.74. The van der Waals surface area contributed by atoms with E-state index in [4.69, 9.17) is 4.74 Å². The van der Waals surface area contributed by atoms with Crippen molar-refractivity contribution in [1.82, 2.24) is 29.7 Å². The standard InChI is InChI=1S/C24H28F2N8O3/c1-32(2)23(36)22(35)28-15-11-14(12-15)27-18-13-19(31-24(30-18)33-7-9-37-10-8-33)34-17-6-4-3-5-16(17)29-21(34)20(25)26/h3-6,13-15,20H,7-12H2,1-2H3,(H,28,35)(H,27,30,31). The summed E-state index contributed by atoms with van der Waals surface area (Å²) in [4.78, 5) is 40.4. The first-order chi connectivity index (χ1) is 17.8. The fraction of sp³-hybridized carbons (Fsp3) is 0.458. The predicted molar refractivity (Wildman–Crippen MR) is 132 cm³/mol. The molecule has 0 unspecified atom stereocenters. The zero-order valence-corrected chi connectivity index (χ0v) is 20.5. The molecule has 5 rings (SSSR count). The number of alkyl halides is 2. The number of carbonyl (C=O) groups excluding carboxylic acids is 2. The quantitative estimate of drug-likeness (QED) is 0.478. The van der Waals surface area contributed by atoms with E-state index in [1.165, 1.54) is 23.6 Å². The van der Waals surface area contributed by atoms with Gasteiger partial charge in [0.15, 0.2) is 5.82 Å². The molecule has 1 saturated carbocycles. The molecule has 1 aliphatic heterocycles. The lowest BCUT2D eigenvalue weighted by molar-refractivity contribution is -0.144. The lowest BCUT2D eigenvalue weighted by Gasteiger charge is -2.36. The molecule has 1 aliphatic carbocycles. The summed E-state index contributed by atoms with van der Waals surface area (Å²) in [5.74, 6) is -0.474. The molecule has 3 aromatic rings. The largest absolute Gasteiger partial charge is 0.378 e. The van der Waals surface area contributed by atoms with Gasteiger partial charge in [-0.2, -0.15) is 9.97 Å². The van der Waals surface area contributed by atoms with E-state index in [0.29, 0.717) is 61.9 Å². The Labute approximate surface area is 211 Å². The first kappa shape index (κ1) is 24.8. The summed E-state index contributed by atoms with van der Waals surface area (Å²) in [5, 5.41) is 6.06. The Bertz CT molecular complexity index is 1300. The van der Waals surface area contributed by atoms with Crippen molar-refractivity contribution in [2.45, 2.75) is 31.4 Å². The van der Waals surface area contributed by atoms with Crippen molar-refractivity contribution in [3.8, 4) is 5.82 Å². The summed E-state index contributed by atoms with van der Waals surface area (Å²) in [5.41, 5.74) is 0.969. The summed E-state index contributed by atoms with van der Waals surface area (Å²) in [7, 11) is 3.05. The fourth-order valence-electron chi connectivity index (χ4n) is 4.46. The Kier molecular flexibility index (Phi) is 6.87. The number of nitrogens with one attached hydrogen (secondary N) is 2. The van der Waals surface area contributed by atoms with Gasteiger partial charge in [0.2, 0.25) is 5.95 Å². The van der Waals surface area contributed by atoms with Crippen LogP contribution in [0.1, 0.15) is 25.1 Å². The van der Waals surface area contributed by atoms with Crippen molar-refractivity contribution >= 4 is 34.6 Å². The second kappa shape index (κ2) is 10.2. The number of imidazole rings is 1. The second-order valence-electron chi connectivity index (χ2n) is 9.29. The molecule has 0 spiro atoms.